The Bertz CT molecular complexity index is 433. The second-order valence-corrected chi connectivity index (χ2v) is 4.69. The van der Waals surface area contributed by atoms with Crippen molar-refractivity contribution in [2.75, 3.05) is 17.7 Å². The van der Waals surface area contributed by atoms with Crippen LogP contribution in [-0.2, 0) is 0 Å². The van der Waals surface area contributed by atoms with Gasteiger partial charge in [0.1, 0.15) is 6.20 Å². The van der Waals surface area contributed by atoms with E-state index in [2.05, 4.69) is 27.5 Å². The third-order valence-corrected chi connectivity index (χ3v) is 2.52. The van der Waals surface area contributed by atoms with Crippen LogP contribution < -0.4 is 10.6 Å². The van der Waals surface area contributed by atoms with Crippen molar-refractivity contribution in [3.63, 3.8) is 0 Å². The Kier molecular flexibility index (Phi) is 4.41. The van der Waals surface area contributed by atoms with Crippen molar-refractivity contribution in [3.05, 3.63) is 16.3 Å². The lowest BCUT2D eigenvalue weighted by molar-refractivity contribution is -0.384. The van der Waals surface area contributed by atoms with Gasteiger partial charge >= 0.3 is 5.69 Å². The minimum absolute atomic E-state index is 0.113. The summed E-state index contributed by atoms with van der Waals surface area (Å²) in [5, 5.41) is 16.8. The van der Waals surface area contributed by atoms with Gasteiger partial charge in [0.15, 0.2) is 0 Å². The minimum Gasteiger partial charge on any atom is -0.359 e. The van der Waals surface area contributed by atoms with Crippen LogP contribution in [-0.4, -0.2) is 27.5 Å². The first-order valence-corrected chi connectivity index (χ1v) is 5.87. The summed E-state index contributed by atoms with van der Waals surface area (Å²) in [6.45, 7) is 6.04. The van der Waals surface area contributed by atoms with E-state index in [0.29, 0.717) is 5.95 Å². The molecule has 0 spiro atoms. The van der Waals surface area contributed by atoms with E-state index in [0.717, 1.165) is 12.8 Å². The van der Waals surface area contributed by atoms with Gasteiger partial charge in [0.2, 0.25) is 11.8 Å². The molecular formula is C11H19N5O2. The van der Waals surface area contributed by atoms with Crippen LogP contribution in [0.25, 0.3) is 0 Å². The number of aromatic nitrogens is 2. The fraction of sp³-hybridized carbons (Fsp3) is 0.636. The number of nitro groups is 1. The van der Waals surface area contributed by atoms with E-state index in [1.54, 1.807) is 7.05 Å². The summed E-state index contributed by atoms with van der Waals surface area (Å²) in [7, 11) is 1.67. The van der Waals surface area contributed by atoms with Gasteiger partial charge in [-0.2, -0.15) is 4.98 Å². The summed E-state index contributed by atoms with van der Waals surface area (Å²) in [6.07, 6.45) is 3.09. The zero-order valence-corrected chi connectivity index (χ0v) is 11.1. The molecule has 2 N–H and O–H groups in total. The normalized spacial score (nSPS) is 11.1. The first kappa shape index (κ1) is 14.1. The third-order valence-electron chi connectivity index (χ3n) is 2.52. The van der Waals surface area contributed by atoms with Crippen LogP contribution in [0.2, 0.25) is 0 Å². The molecule has 0 unspecified atom stereocenters. The minimum atomic E-state index is -0.482. The van der Waals surface area contributed by atoms with E-state index in [9.17, 15) is 10.1 Å². The molecule has 0 amide bonds. The molecule has 1 aromatic rings. The van der Waals surface area contributed by atoms with Crippen molar-refractivity contribution >= 4 is 17.5 Å². The quantitative estimate of drug-likeness (QED) is 0.597. The molecule has 0 atom stereocenters. The average molecular weight is 253 g/mol. The lowest BCUT2D eigenvalue weighted by Crippen LogP contribution is -2.31. The van der Waals surface area contributed by atoms with E-state index in [-0.39, 0.29) is 17.0 Å². The lowest BCUT2D eigenvalue weighted by atomic mass is 9.99. The van der Waals surface area contributed by atoms with Crippen LogP contribution >= 0.6 is 0 Å². The van der Waals surface area contributed by atoms with Gasteiger partial charge in [-0.15, -0.1) is 0 Å². The van der Waals surface area contributed by atoms with E-state index in [1.165, 1.54) is 6.20 Å². The molecule has 18 heavy (non-hydrogen) atoms. The summed E-state index contributed by atoms with van der Waals surface area (Å²) in [6, 6.07) is 0. The Morgan fingerprint density at radius 1 is 1.50 bits per heavy atom. The second kappa shape index (κ2) is 5.61. The Balaban J connectivity index is 3.08. The van der Waals surface area contributed by atoms with Gasteiger partial charge in [0.05, 0.1) is 4.92 Å². The van der Waals surface area contributed by atoms with Crippen LogP contribution in [0.1, 0.15) is 33.6 Å². The van der Waals surface area contributed by atoms with Crippen molar-refractivity contribution in [3.8, 4) is 0 Å². The molecule has 0 aliphatic carbocycles. The van der Waals surface area contributed by atoms with Gasteiger partial charge in [-0.25, -0.2) is 4.98 Å². The fourth-order valence-electron chi connectivity index (χ4n) is 1.73. The highest BCUT2D eigenvalue weighted by molar-refractivity contribution is 5.58. The molecule has 1 rings (SSSR count). The standard InChI is InChI=1S/C11H19N5O2/c1-5-6-11(2,3)15-9-8(16(17)18)7-13-10(12-4)14-9/h7H,5-6H2,1-4H3,(H2,12,13,14,15). The van der Waals surface area contributed by atoms with Gasteiger partial charge in [-0.05, 0) is 20.3 Å². The molecule has 0 aromatic carbocycles. The summed E-state index contributed by atoms with van der Waals surface area (Å²) in [4.78, 5) is 18.4. The monoisotopic (exact) mass is 253 g/mol. The van der Waals surface area contributed by atoms with E-state index in [4.69, 9.17) is 0 Å². The van der Waals surface area contributed by atoms with Crippen LogP contribution in [0.4, 0.5) is 17.5 Å². The summed E-state index contributed by atoms with van der Waals surface area (Å²) < 4.78 is 0. The smallest absolute Gasteiger partial charge is 0.329 e. The molecule has 0 saturated heterocycles. The van der Waals surface area contributed by atoms with E-state index in [1.807, 2.05) is 13.8 Å². The molecular weight excluding hydrogens is 234 g/mol. The first-order chi connectivity index (χ1) is 8.39. The molecule has 0 fully saturated rings. The number of hydrogen-bond donors (Lipinski definition) is 2. The first-order valence-electron chi connectivity index (χ1n) is 5.87. The number of anilines is 2. The number of rotatable bonds is 6. The lowest BCUT2D eigenvalue weighted by Gasteiger charge is -2.26. The van der Waals surface area contributed by atoms with Gasteiger partial charge in [0, 0.05) is 12.6 Å². The summed E-state index contributed by atoms with van der Waals surface area (Å²) in [5.74, 6) is 0.605. The highest BCUT2D eigenvalue weighted by atomic mass is 16.6. The van der Waals surface area contributed by atoms with Crippen molar-refractivity contribution < 1.29 is 4.92 Å². The van der Waals surface area contributed by atoms with Crippen LogP contribution in [0, 0.1) is 10.1 Å². The van der Waals surface area contributed by atoms with E-state index < -0.39 is 4.92 Å². The number of nitrogens with one attached hydrogen (secondary N) is 2. The highest BCUT2D eigenvalue weighted by Crippen LogP contribution is 2.26. The predicted molar refractivity (Wildman–Crippen MR) is 70.8 cm³/mol. The van der Waals surface area contributed by atoms with E-state index >= 15 is 0 Å². The van der Waals surface area contributed by atoms with Crippen LogP contribution in [0.5, 0.6) is 0 Å². The third kappa shape index (κ3) is 3.54. The zero-order chi connectivity index (χ0) is 13.8. The van der Waals surface area contributed by atoms with Crippen LogP contribution in [0.3, 0.4) is 0 Å². The number of hydrogen-bond acceptors (Lipinski definition) is 6. The molecule has 1 aromatic heterocycles. The van der Waals surface area contributed by atoms with Gasteiger partial charge in [-0.3, -0.25) is 10.1 Å². The Hall–Kier alpha value is -1.92. The average Bonchev–Trinajstić information content (AvgIpc) is 2.27. The Morgan fingerprint density at radius 3 is 2.67 bits per heavy atom. The second-order valence-electron chi connectivity index (χ2n) is 4.69. The molecule has 7 nitrogen and oxygen atoms in total. The summed E-state index contributed by atoms with van der Waals surface area (Å²) >= 11 is 0. The summed E-state index contributed by atoms with van der Waals surface area (Å²) in [5.41, 5.74) is -0.364. The molecule has 100 valence electrons. The van der Waals surface area contributed by atoms with Gasteiger partial charge in [0.25, 0.3) is 0 Å². The molecule has 1 heterocycles. The van der Waals surface area contributed by atoms with Gasteiger partial charge in [-0.1, -0.05) is 13.3 Å². The molecule has 7 heteroatoms. The van der Waals surface area contributed by atoms with Crippen molar-refractivity contribution in [2.45, 2.75) is 39.2 Å². The molecule has 0 bridgehead atoms. The Morgan fingerprint density at radius 2 is 2.17 bits per heavy atom. The predicted octanol–water partition coefficient (Wildman–Crippen LogP) is 2.42. The maximum Gasteiger partial charge on any atom is 0.329 e. The SMILES string of the molecule is CCCC(C)(C)Nc1nc(NC)ncc1[N+](=O)[O-]. The molecule has 0 aliphatic heterocycles. The fourth-order valence-corrected chi connectivity index (χ4v) is 1.73. The molecule has 0 aliphatic rings. The molecule has 0 saturated carbocycles. The zero-order valence-electron chi connectivity index (χ0n) is 11.1. The largest absolute Gasteiger partial charge is 0.359 e. The highest BCUT2D eigenvalue weighted by Gasteiger charge is 2.24. The van der Waals surface area contributed by atoms with Crippen molar-refractivity contribution in [2.24, 2.45) is 0 Å². The Labute approximate surface area is 106 Å². The van der Waals surface area contributed by atoms with Gasteiger partial charge < -0.3 is 10.6 Å². The maximum absolute atomic E-state index is 10.9. The molecule has 0 radical (unpaired) electrons. The van der Waals surface area contributed by atoms with Crippen molar-refractivity contribution in [1.29, 1.82) is 0 Å². The van der Waals surface area contributed by atoms with Crippen molar-refractivity contribution in [1.82, 2.24) is 9.97 Å². The topological polar surface area (TPSA) is 93.0 Å². The van der Waals surface area contributed by atoms with Crippen LogP contribution in [0.15, 0.2) is 6.20 Å². The number of nitrogens with zero attached hydrogens (tertiary/aromatic N) is 3. The maximum atomic E-state index is 10.9.